The highest BCUT2D eigenvalue weighted by Gasteiger charge is 2.24. The fraction of sp³-hybridized carbons (Fsp3) is 0.333. The first kappa shape index (κ1) is 14.4. The molecule has 3 rings (SSSR count). The van der Waals surface area contributed by atoms with E-state index < -0.39 is 0 Å². The summed E-state index contributed by atoms with van der Waals surface area (Å²) in [4.78, 5) is 21.1. The van der Waals surface area contributed by atoms with Crippen LogP contribution in [0.25, 0.3) is 0 Å². The van der Waals surface area contributed by atoms with Crippen molar-refractivity contribution in [2.75, 3.05) is 31.1 Å². The molecule has 0 aliphatic carbocycles. The predicted molar refractivity (Wildman–Crippen MR) is 90.5 cm³/mol. The third-order valence-electron chi connectivity index (χ3n) is 3.75. The fourth-order valence-electron chi connectivity index (χ4n) is 2.58. The molecule has 5 nitrogen and oxygen atoms in total. The van der Waals surface area contributed by atoms with Crippen molar-refractivity contribution in [1.29, 1.82) is 0 Å². The number of nitrogens with zero attached hydrogens (tertiary/aromatic N) is 4. The minimum absolute atomic E-state index is 0.125. The number of piperazine rings is 1. The number of carbonyl (C=O) groups excluding carboxylic acids is 1. The number of aryl methyl sites for hydroxylation is 1. The van der Waals surface area contributed by atoms with Crippen LogP contribution >= 0.6 is 22.6 Å². The van der Waals surface area contributed by atoms with E-state index in [0.717, 1.165) is 41.3 Å². The average molecular weight is 396 g/mol. The molecule has 2 aromatic rings. The summed E-state index contributed by atoms with van der Waals surface area (Å²) in [6.07, 6.45) is 3.75. The van der Waals surface area contributed by atoms with Crippen LogP contribution in [0.4, 0.5) is 5.95 Å². The molecule has 6 heteroatoms. The Morgan fingerprint density at radius 1 is 1.19 bits per heavy atom. The van der Waals surface area contributed by atoms with Crippen LogP contribution in [0, 0.1) is 3.57 Å². The van der Waals surface area contributed by atoms with Gasteiger partial charge in [0.1, 0.15) is 0 Å². The fourth-order valence-corrected chi connectivity index (χ4v) is 3.20. The number of halogens is 1. The maximum Gasteiger partial charge on any atom is 0.255 e. The Morgan fingerprint density at radius 3 is 2.52 bits per heavy atom. The minimum atomic E-state index is 0.125. The van der Waals surface area contributed by atoms with Gasteiger partial charge in [-0.25, -0.2) is 4.98 Å². The lowest BCUT2D eigenvalue weighted by atomic mass is 10.2. The van der Waals surface area contributed by atoms with E-state index in [0.29, 0.717) is 0 Å². The van der Waals surface area contributed by atoms with Gasteiger partial charge in [0, 0.05) is 49.2 Å². The molecule has 1 saturated heterocycles. The lowest BCUT2D eigenvalue weighted by molar-refractivity contribution is 0.0745. The molecule has 0 N–H and O–H groups in total. The molecule has 110 valence electrons. The lowest BCUT2D eigenvalue weighted by Crippen LogP contribution is -2.49. The topological polar surface area (TPSA) is 41.4 Å². The van der Waals surface area contributed by atoms with Gasteiger partial charge in [-0.1, -0.05) is 12.1 Å². The second-order valence-corrected chi connectivity index (χ2v) is 6.26. The van der Waals surface area contributed by atoms with E-state index in [1.165, 1.54) is 0 Å². The third kappa shape index (κ3) is 2.90. The Kier molecular flexibility index (Phi) is 4.14. The molecule has 1 aromatic carbocycles. The molecular formula is C15H17IN4O. The number of aromatic nitrogens is 2. The molecule has 0 atom stereocenters. The molecule has 0 radical (unpaired) electrons. The maximum atomic E-state index is 12.6. The van der Waals surface area contributed by atoms with E-state index in [1.54, 1.807) is 6.20 Å². The SMILES string of the molecule is Cn1ccnc1N1CCN(C(=O)c2ccccc2I)CC1. The van der Waals surface area contributed by atoms with E-state index in [4.69, 9.17) is 0 Å². The van der Waals surface area contributed by atoms with Crippen molar-refractivity contribution in [2.24, 2.45) is 7.05 Å². The molecule has 0 unspecified atom stereocenters. The maximum absolute atomic E-state index is 12.6. The highest BCUT2D eigenvalue weighted by Crippen LogP contribution is 2.17. The monoisotopic (exact) mass is 396 g/mol. The van der Waals surface area contributed by atoms with Crippen molar-refractivity contribution in [3.8, 4) is 0 Å². The largest absolute Gasteiger partial charge is 0.339 e. The van der Waals surface area contributed by atoms with Crippen molar-refractivity contribution in [1.82, 2.24) is 14.5 Å². The average Bonchev–Trinajstić information content (AvgIpc) is 2.93. The van der Waals surface area contributed by atoms with Crippen LogP contribution in [0.2, 0.25) is 0 Å². The van der Waals surface area contributed by atoms with Crippen molar-refractivity contribution in [2.45, 2.75) is 0 Å². The van der Waals surface area contributed by atoms with Crippen LogP contribution in [0.5, 0.6) is 0 Å². The quantitative estimate of drug-likeness (QED) is 0.730. The summed E-state index contributed by atoms with van der Waals surface area (Å²) in [6.45, 7) is 3.10. The van der Waals surface area contributed by atoms with Gasteiger partial charge in [0.05, 0.1) is 5.56 Å². The van der Waals surface area contributed by atoms with E-state index in [1.807, 2.05) is 47.0 Å². The summed E-state index contributed by atoms with van der Waals surface area (Å²) < 4.78 is 3.02. The summed E-state index contributed by atoms with van der Waals surface area (Å²) in [7, 11) is 1.99. The van der Waals surface area contributed by atoms with Gasteiger partial charge < -0.3 is 14.4 Å². The molecule has 1 fully saturated rings. The Hall–Kier alpha value is -1.57. The zero-order valence-electron chi connectivity index (χ0n) is 11.9. The van der Waals surface area contributed by atoms with Crippen molar-refractivity contribution < 1.29 is 4.79 Å². The third-order valence-corrected chi connectivity index (χ3v) is 4.69. The van der Waals surface area contributed by atoms with Gasteiger partial charge in [-0.2, -0.15) is 0 Å². The normalized spacial score (nSPS) is 15.3. The van der Waals surface area contributed by atoms with Crippen LogP contribution in [0.3, 0.4) is 0 Å². The second-order valence-electron chi connectivity index (χ2n) is 5.10. The zero-order chi connectivity index (χ0) is 14.8. The minimum Gasteiger partial charge on any atom is -0.339 e. The van der Waals surface area contributed by atoms with Crippen molar-refractivity contribution in [3.05, 3.63) is 45.8 Å². The molecule has 1 aromatic heterocycles. The molecule has 0 spiro atoms. The highest BCUT2D eigenvalue weighted by atomic mass is 127. The summed E-state index contributed by atoms with van der Waals surface area (Å²) in [5.74, 6) is 1.09. The smallest absolute Gasteiger partial charge is 0.255 e. The number of anilines is 1. The van der Waals surface area contributed by atoms with E-state index in [2.05, 4.69) is 32.5 Å². The van der Waals surface area contributed by atoms with Gasteiger partial charge in [0.25, 0.3) is 5.91 Å². The van der Waals surface area contributed by atoms with Gasteiger partial charge >= 0.3 is 0 Å². The van der Waals surface area contributed by atoms with Crippen molar-refractivity contribution in [3.63, 3.8) is 0 Å². The summed E-state index contributed by atoms with van der Waals surface area (Å²) in [5, 5.41) is 0. The molecule has 1 aliphatic rings. The van der Waals surface area contributed by atoms with Gasteiger partial charge in [0.15, 0.2) is 0 Å². The van der Waals surface area contributed by atoms with Crippen molar-refractivity contribution >= 4 is 34.4 Å². The summed E-state index contributed by atoms with van der Waals surface area (Å²) in [6, 6.07) is 7.74. The van der Waals surface area contributed by atoms with E-state index in [-0.39, 0.29) is 5.91 Å². The van der Waals surface area contributed by atoms with E-state index in [9.17, 15) is 4.79 Å². The number of benzene rings is 1. The Bertz CT molecular complexity index is 647. The summed E-state index contributed by atoms with van der Waals surface area (Å²) in [5.41, 5.74) is 0.795. The van der Waals surface area contributed by atoms with Gasteiger partial charge in [0.2, 0.25) is 5.95 Å². The van der Waals surface area contributed by atoms with Gasteiger partial charge in [-0.15, -0.1) is 0 Å². The Morgan fingerprint density at radius 2 is 1.90 bits per heavy atom. The van der Waals surface area contributed by atoms with Crippen LogP contribution in [0.15, 0.2) is 36.7 Å². The number of carbonyl (C=O) groups is 1. The number of amides is 1. The summed E-state index contributed by atoms with van der Waals surface area (Å²) >= 11 is 2.22. The second kappa shape index (κ2) is 6.05. The number of hydrogen-bond acceptors (Lipinski definition) is 3. The molecule has 2 heterocycles. The Balaban J connectivity index is 1.67. The van der Waals surface area contributed by atoms with Crippen LogP contribution in [0.1, 0.15) is 10.4 Å². The van der Waals surface area contributed by atoms with E-state index >= 15 is 0 Å². The number of hydrogen-bond donors (Lipinski definition) is 0. The Labute approximate surface area is 137 Å². The number of rotatable bonds is 2. The highest BCUT2D eigenvalue weighted by molar-refractivity contribution is 14.1. The first-order valence-corrected chi connectivity index (χ1v) is 8.01. The zero-order valence-corrected chi connectivity index (χ0v) is 14.0. The predicted octanol–water partition coefficient (Wildman–Crippen LogP) is 1.99. The molecule has 21 heavy (non-hydrogen) atoms. The first-order valence-electron chi connectivity index (χ1n) is 6.93. The standard InChI is InChI=1S/C15H17IN4O/c1-18-7-6-17-15(18)20-10-8-19(9-11-20)14(21)12-4-2-3-5-13(12)16/h2-7H,8-11H2,1H3. The molecule has 0 bridgehead atoms. The van der Waals surface area contributed by atoms with Crippen LogP contribution < -0.4 is 4.90 Å². The first-order chi connectivity index (χ1) is 10.2. The number of imidazole rings is 1. The van der Waals surface area contributed by atoms with Gasteiger partial charge in [-0.3, -0.25) is 4.79 Å². The molecule has 1 amide bonds. The molecule has 1 aliphatic heterocycles. The lowest BCUT2D eigenvalue weighted by Gasteiger charge is -2.35. The van der Waals surface area contributed by atoms with Crippen LogP contribution in [-0.4, -0.2) is 46.5 Å². The van der Waals surface area contributed by atoms with Gasteiger partial charge in [-0.05, 0) is 34.7 Å². The molecular weight excluding hydrogens is 379 g/mol. The van der Waals surface area contributed by atoms with Crippen LogP contribution in [-0.2, 0) is 7.05 Å². The molecule has 0 saturated carbocycles.